The van der Waals surface area contributed by atoms with Gasteiger partial charge in [0.05, 0.1) is 5.92 Å². The van der Waals surface area contributed by atoms with Crippen molar-refractivity contribution in [1.82, 2.24) is 20.1 Å². The highest BCUT2D eigenvalue weighted by molar-refractivity contribution is 5.84. The number of rotatable bonds is 7. The van der Waals surface area contributed by atoms with E-state index in [0.29, 0.717) is 45.4 Å². The van der Waals surface area contributed by atoms with Crippen LogP contribution in [-0.2, 0) is 20.9 Å². The Morgan fingerprint density at radius 2 is 1.93 bits per heavy atom. The minimum atomic E-state index is -0.172. The number of nitrogens with one attached hydrogen (secondary N) is 2. The smallest absolute Gasteiger partial charge is 0.225 e. The van der Waals surface area contributed by atoms with Crippen LogP contribution < -0.4 is 5.32 Å². The van der Waals surface area contributed by atoms with E-state index in [1.54, 1.807) is 4.90 Å². The maximum Gasteiger partial charge on any atom is 0.225 e. The minimum absolute atomic E-state index is 0.00701. The van der Waals surface area contributed by atoms with Gasteiger partial charge in [0.25, 0.3) is 0 Å². The molecule has 4 rings (SSSR count). The van der Waals surface area contributed by atoms with Crippen LogP contribution in [0.1, 0.15) is 43.4 Å². The molecule has 1 unspecified atom stereocenters. The zero-order chi connectivity index (χ0) is 21.1. The fourth-order valence-electron chi connectivity index (χ4n) is 4.51. The zero-order valence-electron chi connectivity index (χ0n) is 17.6. The second-order valence-corrected chi connectivity index (χ2v) is 8.51. The molecule has 2 saturated heterocycles. The summed E-state index contributed by atoms with van der Waals surface area (Å²) in [5, 5.41) is 4.19. The molecule has 0 radical (unpaired) electrons. The number of aromatic amines is 1. The van der Waals surface area contributed by atoms with E-state index < -0.39 is 0 Å². The summed E-state index contributed by atoms with van der Waals surface area (Å²) in [6.45, 7) is 5.11. The average molecular weight is 411 g/mol. The number of carbonyl (C=O) groups excluding carboxylic acids is 3. The van der Waals surface area contributed by atoms with E-state index in [2.05, 4.69) is 22.4 Å². The van der Waals surface area contributed by atoms with E-state index in [1.165, 1.54) is 0 Å². The Balaban J connectivity index is 1.26. The van der Waals surface area contributed by atoms with Gasteiger partial charge in [0.15, 0.2) is 0 Å². The van der Waals surface area contributed by atoms with Crippen LogP contribution in [0.2, 0.25) is 0 Å². The van der Waals surface area contributed by atoms with Gasteiger partial charge in [-0.25, -0.2) is 0 Å². The molecule has 2 aliphatic heterocycles. The first-order chi connectivity index (χ1) is 14.5. The maximum absolute atomic E-state index is 12.7. The number of fused-ring (bicyclic) bond motifs is 1. The first-order valence-electron chi connectivity index (χ1n) is 10.9. The Hall–Kier alpha value is -2.83. The average Bonchev–Trinajstić information content (AvgIpc) is 3.31. The Labute approximate surface area is 176 Å². The highest BCUT2D eigenvalue weighted by Crippen LogP contribution is 2.20. The molecule has 2 fully saturated rings. The van der Waals surface area contributed by atoms with Gasteiger partial charge in [-0.15, -0.1) is 0 Å². The molecular weight excluding hydrogens is 380 g/mol. The Morgan fingerprint density at radius 3 is 2.73 bits per heavy atom. The predicted octanol–water partition coefficient (Wildman–Crippen LogP) is 2.34. The van der Waals surface area contributed by atoms with E-state index in [0.717, 1.165) is 41.5 Å². The maximum atomic E-state index is 12.7. The van der Waals surface area contributed by atoms with Crippen molar-refractivity contribution in [3.8, 4) is 0 Å². The van der Waals surface area contributed by atoms with Crippen LogP contribution in [-0.4, -0.2) is 58.7 Å². The molecule has 2 aliphatic rings. The van der Waals surface area contributed by atoms with Gasteiger partial charge in [-0.1, -0.05) is 6.07 Å². The number of aryl methyl sites for hydroxylation is 1. The lowest BCUT2D eigenvalue weighted by Gasteiger charge is -2.32. The van der Waals surface area contributed by atoms with Crippen LogP contribution in [0.5, 0.6) is 0 Å². The summed E-state index contributed by atoms with van der Waals surface area (Å²) in [6.07, 6.45) is 3.35. The Bertz CT molecular complexity index is 951. The van der Waals surface area contributed by atoms with Crippen molar-refractivity contribution in [3.05, 3.63) is 35.5 Å². The molecule has 2 N–H and O–H groups in total. The standard InChI is InChI=1S/C23H30N4O3/c1-16-12-19-13-17(5-7-20(19)25-16)14-24-23(30)18-6-8-22(29)27(15-18)11-3-10-26-9-2-4-21(26)28/h5,7,12-13,18,25H,2-4,6,8-11,14-15H2,1H3,(H,24,30). The van der Waals surface area contributed by atoms with E-state index in [4.69, 9.17) is 0 Å². The first kappa shape index (κ1) is 20.4. The first-order valence-corrected chi connectivity index (χ1v) is 10.9. The molecule has 1 atom stereocenters. The summed E-state index contributed by atoms with van der Waals surface area (Å²) in [5.41, 5.74) is 3.28. The minimum Gasteiger partial charge on any atom is -0.359 e. The number of hydrogen-bond acceptors (Lipinski definition) is 3. The quantitative estimate of drug-likeness (QED) is 0.735. The van der Waals surface area contributed by atoms with Crippen molar-refractivity contribution >= 4 is 28.6 Å². The van der Waals surface area contributed by atoms with Gasteiger partial charge in [0.1, 0.15) is 0 Å². The second-order valence-electron chi connectivity index (χ2n) is 8.51. The van der Waals surface area contributed by atoms with Crippen LogP contribution in [0.3, 0.4) is 0 Å². The molecule has 0 saturated carbocycles. The van der Waals surface area contributed by atoms with Crippen LogP contribution in [0.4, 0.5) is 0 Å². The Kier molecular flexibility index (Phi) is 6.06. The molecule has 3 heterocycles. The lowest BCUT2D eigenvalue weighted by molar-refractivity contribution is -0.138. The topological polar surface area (TPSA) is 85.5 Å². The van der Waals surface area contributed by atoms with E-state index in [-0.39, 0.29) is 23.6 Å². The number of piperidine rings is 1. The summed E-state index contributed by atoms with van der Waals surface area (Å²) in [7, 11) is 0. The lowest BCUT2D eigenvalue weighted by Crippen LogP contribution is -2.46. The molecule has 0 aliphatic carbocycles. The van der Waals surface area contributed by atoms with Gasteiger partial charge < -0.3 is 20.1 Å². The molecule has 30 heavy (non-hydrogen) atoms. The molecule has 3 amide bonds. The molecule has 0 bridgehead atoms. The number of amides is 3. The summed E-state index contributed by atoms with van der Waals surface area (Å²) < 4.78 is 0. The number of H-pyrrole nitrogens is 1. The van der Waals surface area contributed by atoms with E-state index >= 15 is 0 Å². The van der Waals surface area contributed by atoms with Gasteiger partial charge in [-0.05, 0) is 55.3 Å². The van der Waals surface area contributed by atoms with Crippen molar-refractivity contribution in [1.29, 1.82) is 0 Å². The second kappa shape index (κ2) is 8.90. The molecule has 0 spiro atoms. The molecule has 7 heteroatoms. The van der Waals surface area contributed by atoms with Crippen LogP contribution in [0, 0.1) is 12.8 Å². The van der Waals surface area contributed by atoms with Crippen molar-refractivity contribution in [2.75, 3.05) is 26.2 Å². The van der Waals surface area contributed by atoms with Gasteiger partial charge in [0, 0.05) is 56.8 Å². The van der Waals surface area contributed by atoms with Crippen molar-refractivity contribution in [3.63, 3.8) is 0 Å². The third-order valence-electron chi connectivity index (χ3n) is 6.18. The monoisotopic (exact) mass is 410 g/mol. The molecule has 1 aromatic carbocycles. The normalized spacial score (nSPS) is 19.7. The van der Waals surface area contributed by atoms with Crippen molar-refractivity contribution in [2.45, 2.75) is 45.6 Å². The number of likely N-dealkylation sites (tertiary alicyclic amines) is 2. The summed E-state index contributed by atoms with van der Waals surface area (Å²) in [4.78, 5) is 43.7. The summed E-state index contributed by atoms with van der Waals surface area (Å²) in [6, 6.07) is 8.25. The van der Waals surface area contributed by atoms with Gasteiger partial charge in [-0.2, -0.15) is 0 Å². The zero-order valence-corrected chi connectivity index (χ0v) is 17.6. The van der Waals surface area contributed by atoms with E-state index in [1.807, 2.05) is 24.0 Å². The van der Waals surface area contributed by atoms with Crippen molar-refractivity contribution < 1.29 is 14.4 Å². The number of carbonyl (C=O) groups is 3. The summed E-state index contributed by atoms with van der Waals surface area (Å²) in [5.74, 6) is 0.159. The van der Waals surface area contributed by atoms with Gasteiger partial charge >= 0.3 is 0 Å². The molecular formula is C23H30N4O3. The van der Waals surface area contributed by atoms with Crippen LogP contribution in [0.25, 0.3) is 10.9 Å². The molecule has 1 aromatic heterocycles. The fraction of sp³-hybridized carbons (Fsp3) is 0.522. The third-order valence-corrected chi connectivity index (χ3v) is 6.18. The lowest BCUT2D eigenvalue weighted by atomic mass is 9.96. The predicted molar refractivity (Wildman–Crippen MR) is 115 cm³/mol. The Morgan fingerprint density at radius 1 is 1.13 bits per heavy atom. The highest BCUT2D eigenvalue weighted by Gasteiger charge is 2.30. The third kappa shape index (κ3) is 4.66. The van der Waals surface area contributed by atoms with Gasteiger partial charge in [0.2, 0.25) is 17.7 Å². The molecule has 2 aromatic rings. The number of aromatic nitrogens is 1. The highest BCUT2D eigenvalue weighted by atomic mass is 16.2. The number of benzene rings is 1. The fourth-order valence-corrected chi connectivity index (χ4v) is 4.51. The van der Waals surface area contributed by atoms with Crippen LogP contribution in [0.15, 0.2) is 24.3 Å². The van der Waals surface area contributed by atoms with Crippen LogP contribution >= 0.6 is 0 Å². The van der Waals surface area contributed by atoms with Crippen molar-refractivity contribution in [2.24, 2.45) is 5.92 Å². The van der Waals surface area contributed by atoms with Gasteiger partial charge in [-0.3, -0.25) is 14.4 Å². The largest absolute Gasteiger partial charge is 0.359 e. The number of hydrogen-bond donors (Lipinski definition) is 2. The SMILES string of the molecule is Cc1cc2cc(CNC(=O)C3CCC(=O)N(CCCN4CCCC4=O)C3)ccc2[nH]1. The molecule has 160 valence electrons. The summed E-state index contributed by atoms with van der Waals surface area (Å²) >= 11 is 0. The van der Waals surface area contributed by atoms with E-state index in [9.17, 15) is 14.4 Å². The molecule has 7 nitrogen and oxygen atoms in total. The number of nitrogens with zero attached hydrogens (tertiary/aromatic N) is 2.